The topological polar surface area (TPSA) is 49.8 Å². The minimum Gasteiger partial charge on any atom is -0.480 e. The van der Waals surface area contributed by atoms with Crippen molar-refractivity contribution < 1.29 is 14.6 Å². The van der Waals surface area contributed by atoms with Crippen molar-refractivity contribution in [1.82, 2.24) is 4.90 Å². The Kier molecular flexibility index (Phi) is 4.11. The lowest BCUT2D eigenvalue weighted by molar-refractivity contribution is -0.151. The number of rotatable bonds is 3. The Hall–Kier alpha value is -0.610. The summed E-state index contributed by atoms with van der Waals surface area (Å²) in [6.45, 7) is 9.29. The van der Waals surface area contributed by atoms with Crippen LogP contribution in [0.4, 0.5) is 0 Å². The van der Waals surface area contributed by atoms with Gasteiger partial charge in [-0.05, 0) is 19.8 Å². The van der Waals surface area contributed by atoms with E-state index < -0.39 is 12.0 Å². The first-order valence-electron chi connectivity index (χ1n) is 5.54. The van der Waals surface area contributed by atoms with Gasteiger partial charge in [-0.15, -0.1) is 0 Å². The van der Waals surface area contributed by atoms with Gasteiger partial charge in [0.1, 0.15) is 6.04 Å². The zero-order valence-corrected chi connectivity index (χ0v) is 9.93. The molecule has 0 aromatic carbocycles. The summed E-state index contributed by atoms with van der Waals surface area (Å²) in [6, 6.07) is -0.390. The van der Waals surface area contributed by atoms with Crippen LogP contribution in [0, 0.1) is 5.92 Å². The number of carboxylic acids is 1. The van der Waals surface area contributed by atoms with Crippen molar-refractivity contribution in [2.45, 2.75) is 45.9 Å². The maximum atomic E-state index is 11.2. The van der Waals surface area contributed by atoms with Crippen LogP contribution in [0.1, 0.15) is 27.7 Å². The SMILES string of the molecule is CC(C)[C@H](C(=O)O)N1C[C@@H](C)O[C@@H](C)C1. The summed E-state index contributed by atoms with van der Waals surface area (Å²) >= 11 is 0. The van der Waals surface area contributed by atoms with Gasteiger partial charge < -0.3 is 9.84 Å². The fourth-order valence-electron chi connectivity index (χ4n) is 2.31. The Bertz CT molecular complexity index is 220. The summed E-state index contributed by atoms with van der Waals surface area (Å²) in [5.41, 5.74) is 0. The van der Waals surface area contributed by atoms with Gasteiger partial charge in [0.15, 0.2) is 0 Å². The molecule has 15 heavy (non-hydrogen) atoms. The van der Waals surface area contributed by atoms with Gasteiger partial charge in [0.2, 0.25) is 0 Å². The van der Waals surface area contributed by atoms with Crippen molar-refractivity contribution in [1.29, 1.82) is 0 Å². The van der Waals surface area contributed by atoms with Crippen LogP contribution in [0.15, 0.2) is 0 Å². The highest BCUT2D eigenvalue weighted by molar-refractivity contribution is 5.73. The van der Waals surface area contributed by atoms with Crippen molar-refractivity contribution in [3.05, 3.63) is 0 Å². The molecular weight excluding hydrogens is 194 g/mol. The van der Waals surface area contributed by atoms with E-state index in [2.05, 4.69) is 0 Å². The second-order valence-electron chi connectivity index (χ2n) is 4.74. The van der Waals surface area contributed by atoms with Gasteiger partial charge in [-0.2, -0.15) is 0 Å². The zero-order valence-electron chi connectivity index (χ0n) is 9.93. The molecule has 0 aliphatic carbocycles. The van der Waals surface area contributed by atoms with E-state index in [0.717, 1.165) is 0 Å². The van der Waals surface area contributed by atoms with E-state index in [1.165, 1.54) is 0 Å². The Morgan fingerprint density at radius 2 is 1.80 bits per heavy atom. The van der Waals surface area contributed by atoms with Crippen LogP contribution in [0.2, 0.25) is 0 Å². The predicted molar refractivity (Wildman–Crippen MR) is 57.8 cm³/mol. The average Bonchev–Trinajstić information content (AvgIpc) is 1.99. The van der Waals surface area contributed by atoms with Gasteiger partial charge in [0, 0.05) is 13.1 Å². The predicted octanol–water partition coefficient (Wildman–Crippen LogP) is 1.20. The van der Waals surface area contributed by atoms with Crippen LogP contribution in [0.25, 0.3) is 0 Å². The molecule has 1 aliphatic heterocycles. The first kappa shape index (κ1) is 12.5. The quantitative estimate of drug-likeness (QED) is 0.768. The molecule has 0 saturated carbocycles. The molecule has 4 heteroatoms. The molecule has 0 aromatic heterocycles. The Labute approximate surface area is 91.2 Å². The van der Waals surface area contributed by atoms with Crippen molar-refractivity contribution in [2.75, 3.05) is 13.1 Å². The third-order valence-electron chi connectivity index (χ3n) is 2.73. The highest BCUT2D eigenvalue weighted by Crippen LogP contribution is 2.18. The van der Waals surface area contributed by atoms with E-state index >= 15 is 0 Å². The molecule has 1 heterocycles. The molecule has 0 unspecified atom stereocenters. The number of morpholine rings is 1. The minimum absolute atomic E-state index is 0.120. The Morgan fingerprint density at radius 1 is 1.33 bits per heavy atom. The molecule has 88 valence electrons. The highest BCUT2D eigenvalue weighted by Gasteiger charge is 2.33. The molecule has 0 aromatic rings. The summed E-state index contributed by atoms with van der Waals surface area (Å²) in [5.74, 6) is -0.605. The fourth-order valence-corrected chi connectivity index (χ4v) is 2.31. The molecule has 0 spiro atoms. The Balaban J connectivity index is 2.70. The number of hydrogen-bond donors (Lipinski definition) is 1. The molecule has 4 nitrogen and oxygen atoms in total. The highest BCUT2D eigenvalue weighted by atomic mass is 16.5. The second kappa shape index (κ2) is 4.94. The van der Waals surface area contributed by atoms with Crippen LogP contribution in [-0.4, -0.2) is 47.3 Å². The van der Waals surface area contributed by atoms with Crippen LogP contribution < -0.4 is 0 Å². The van der Waals surface area contributed by atoms with E-state index in [1.807, 2.05) is 32.6 Å². The molecule has 1 rings (SSSR count). The summed E-state index contributed by atoms with van der Waals surface area (Å²) < 4.78 is 5.59. The number of nitrogens with zero attached hydrogens (tertiary/aromatic N) is 1. The van der Waals surface area contributed by atoms with E-state index in [9.17, 15) is 9.90 Å². The Morgan fingerprint density at radius 3 is 2.13 bits per heavy atom. The van der Waals surface area contributed by atoms with Crippen molar-refractivity contribution in [3.8, 4) is 0 Å². The normalized spacial score (nSPS) is 30.5. The van der Waals surface area contributed by atoms with Gasteiger partial charge in [0.25, 0.3) is 0 Å². The van der Waals surface area contributed by atoms with Gasteiger partial charge in [-0.25, -0.2) is 0 Å². The number of carboxylic acid groups (broad SMARTS) is 1. The minimum atomic E-state index is -0.730. The molecule has 1 N–H and O–H groups in total. The largest absolute Gasteiger partial charge is 0.480 e. The van der Waals surface area contributed by atoms with Gasteiger partial charge >= 0.3 is 5.97 Å². The van der Waals surface area contributed by atoms with Crippen LogP contribution >= 0.6 is 0 Å². The van der Waals surface area contributed by atoms with Crippen LogP contribution in [-0.2, 0) is 9.53 Å². The van der Waals surface area contributed by atoms with Crippen molar-refractivity contribution in [3.63, 3.8) is 0 Å². The smallest absolute Gasteiger partial charge is 0.321 e. The third kappa shape index (κ3) is 3.18. The first-order valence-corrected chi connectivity index (χ1v) is 5.54. The molecule has 0 bridgehead atoms. The zero-order chi connectivity index (χ0) is 11.6. The lowest BCUT2D eigenvalue weighted by atomic mass is 10.0. The lowest BCUT2D eigenvalue weighted by Gasteiger charge is -2.39. The average molecular weight is 215 g/mol. The summed E-state index contributed by atoms with van der Waals surface area (Å²) in [4.78, 5) is 13.2. The maximum absolute atomic E-state index is 11.2. The molecule has 1 saturated heterocycles. The first-order chi connectivity index (χ1) is 6.91. The van der Waals surface area contributed by atoms with Gasteiger partial charge in [-0.1, -0.05) is 13.8 Å². The molecule has 0 amide bonds. The number of carbonyl (C=O) groups is 1. The van der Waals surface area contributed by atoms with Crippen LogP contribution in [0.3, 0.4) is 0 Å². The number of aliphatic carboxylic acids is 1. The van der Waals surface area contributed by atoms with Crippen molar-refractivity contribution >= 4 is 5.97 Å². The lowest BCUT2D eigenvalue weighted by Crippen LogP contribution is -2.54. The van der Waals surface area contributed by atoms with E-state index in [1.54, 1.807) is 0 Å². The standard InChI is InChI=1S/C11H21NO3/c1-7(2)10(11(13)14)12-5-8(3)15-9(4)6-12/h7-10H,5-6H2,1-4H3,(H,13,14)/t8-,9+,10-/m1/s1. The second-order valence-corrected chi connectivity index (χ2v) is 4.74. The summed E-state index contributed by atoms with van der Waals surface area (Å²) in [7, 11) is 0. The molecule has 1 aliphatic rings. The van der Waals surface area contributed by atoms with Crippen molar-refractivity contribution in [2.24, 2.45) is 5.92 Å². The maximum Gasteiger partial charge on any atom is 0.321 e. The van der Waals surface area contributed by atoms with E-state index in [0.29, 0.717) is 13.1 Å². The number of hydrogen-bond acceptors (Lipinski definition) is 3. The number of ether oxygens (including phenoxy) is 1. The molecular formula is C11H21NO3. The van der Waals surface area contributed by atoms with Crippen LogP contribution in [0.5, 0.6) is 0 Å². The molecule has 0 radical (unpaired) electrons. The monoisotopic (exact) mass is 215 g/mol. The molecule has 3 atom stereocenters. The molecule has 1 fully saturated rings. The summed E-state index contributed by atoms with van der Waals surface area (Å²) in [5, 5.41) is 9.19. The fraction of sp³-hybridized carbons (Fsp3) is 0.909. The third-order valence-corrected chi connectivity index (χ3v) is 2.73. The van der Waals surface area contributed by atoms with E-state index in [4.69, 9.17) is 4.74 Å². The summed E-state index contributed by atoms with van der Waals surface area (Å²) in [6.07, 6.45) is 0.240. The van der Waals surface area contributed by atoms with Gasteiger partial charge in [0.05, 0.1) is 12.2 Å². The van der Waals surface area contributed by atoms with Gasteiger partial charge in [-0.3, -0.25) is 9.69 Å². The van der Waals surface area contributed by atoms with E-state index in [-0.39, 0.29) is 18.1 Å².